The van der Waals surface area contributed by atoms with Gasteiger partial charge in [0.25, 0.3) is 0 Å². The van der Waals surface area contributed by atoms with E-state index in [4.69, 9.17) is 9.47 Å². The van der Waals surface area contributed by atoms with E-state index in [1.165, 1.54) is 42.0 Å². The minimum atomic E-state index is 0.586. The standard InChI is InChI=1S/C19H23NO2S2/c1-12-6-8-16(23-12)18-14(10-21-4)15(11-22-5)19(20(18)3)17-9-7-13(2)24-17/h6-9H,10-11H2,1-5H3. The Morgan fingerprint density at radius 3 is 1.50 bits per heavy atom. The summed E-state index contributed by atoms with van der Waals surface area (Å²) in [6, 6.07) is 8.76. The van der Waals surface area contributed by atoms with Crippen molar-refractivity contribution in [1.82, 2.24) is 4.57 Å². The van der Waals surface area contributed by atoms with Crippen molar-refractivity contribution in [3.8, 4) is 21.1 Å². The lowest BCUT2D eigenvalue weighted by Crippen LogP contribution is -1.96. The largest absolute Gasteiger partial charge is 0.380 e. The van der Waals surface area contributed by atoms with Crippen molar-refractivity contribution in [3.05, 3.63) is 45.1 Å². The monoisotopic (exact) mass is 361 g/mol. The summed E-state index contributed by atoms with van der Waals surface area (Å²) in [5.41, 5.74) is 4.93. The van der Waals surface area contributed by atoms with Crippen molar-refractivity contribution >= 4 is 22.7 Å². The first kappa shape index (κ1) is 17.4. The SMILES string of the molecule is COCc1c(COC)c(-c2ccc(C)s2)n(C)c1-c1ccc(C)s1. The summed E-state index contributed by atoms with van der Waals surface area (Å²) in [4.78, 5) is 5.19. The predicted molar refractivity (Wildman–Crippen MR) is 103 cm³/mol. The second-order valence-electron chi connectivity index (χ2n) is 5.90. The normalized spacial score (nSPS) is 11.4. The molecule has 0 aromatic carbocycles. The number of nitrogens with zero attached hydrogens (tertiary/aromatic N) is 1. The number of rotatable bonds is 6. The van der Waals surface area contributed by atoms with Gasteiger partial charge in [0.05, 0.1) is 34.4 Å². The first-order valence-electron chi connectivity index (χ1n) is 7.88. The fourth-order valence-corrected chi connectivity index (χ4v) is 5.11. The molecule has 0 aliphatic rings. The highest BCUT2D eigenvalue weighted by molar-refractivity contribution is 7.15. The van der Waals surface area contributed by atoms with Crippen LogP contribution in [-0.4, -0.2) is 18.8 Å². The summed E-state index contributed by atoms with van der Waals surface area (Å²) >= 11 is 3.64. The van der Waals surface area contributed by atoms with Gasteiger partial charge in [-0.3, -0.25) is 0 Å². The van der Waals surface area contributed by atoms with Crippen LogP contribution >= 0.6 is 22.7 Å². The second-order valence-corrected chi connectivity index (χ2v) is 8.48. The summed E-state index contributed by atoms with van der Waals surface area (Å²) in [6.45, 7) is 5.46. The molecule has 0 saturated heterocycles. The number of thiophene rings is 2. The van der Waals surface area contributed by atoms with E-state index in [1.807, 2.05) is 22.7 Å². The molecule has 0 aliphatic carbocycles. The number of methoxy groups -OCH3 is 2. The van der Waals surface area contributed by atoms with Crippen LogP contribution in [-0.2, 0) is 29.7 Å². The van der Waals surface area contributed by atoms with E-state index < -0.39 is 0 Å². The molecule has 3 rings (SSSR count). The van der Waals surface area contributed by atoms with Gasteiger partial charge >= 0.3 is 0 Å². The Hall–Kier alpha value is -1.40. The van der Waals surface area contributed by atoms with E-state index >= 15 is 0 Å². The molecular weight excluding hydrogens is 338 g/mol. The van der Waals surface area contributed by atoms with Crippen molar-refractivity contribution in [3.63, 3.8) is 0 Å². The molecule has 3 aromatic heterocycles. The van der Waals surface area contributed by atoms with Gasteiger partial charge in [0, 0.05) is 42.1 Å². The highest BCUT2D eigenvalue weighted by Gasteiger charge is 2.24. The first-order chi connectivity index (χ1) is 11.6. The highest BCUT2D eigenvalue weighted by atomic mass is 32.1. The fraction of sp³-hybridized carbons (Fsp3) is 0.368. The van der Waals surface area contributed by atoms with E-state index in [9.17, 15) is 0 Å². The number of aryl methyl sites for hydroxylation is 2. The van der Waals surface area contributed by atoms with Gasteiger partial charge in [0.1, 0.15) is 0 Å². The highest BCUT2D eigenvalue weighted by Crippen LogP contribution is 2.41. The Bertz CT molecular complexity index is 774. The van der Waals surface area contributed by atoms with E-state index in [-0.39, 0.29) is 0 Å². The molecule has 0 N–H and O–H groups in total. The summed E-state index contributed by atoms with van der Waals surface area (Å²) in [5, 5.41) is 0. The summed E-state index contributed by atoms with van der Waals surface area (Å²) in [5.74, 6) is 0. The molecule has 0 saturated carbocycles. The molecular formula is C19H23NO2S2. The van der Waals surface area contributed by atoms with Crippen molar-refractivity contribution in [1.29, 1.82) is 0 Å². The lowest BCUT2D eigenvalue weighted by atomic mass is 10.1. The van der Waals surface area contributed by atoms with Crippen LogP contribution in [0.4, 0.5) is 0 Å². The molecule has 128 valence electrons. The number of aromatic nitrogens is 1. The molecule has 24 heavy (non-hydrogen) atoms. The van der Waals surface area contributed by atoms with Crippen LogP contribution in [0.25, 0.3) is 21.1 Å². The van der Waals surface area contributed by atoms with Crippen LogP contribution in [0.5, 0.6) is 0 Å². The maximum atomic E-state index is 5.53. The average Bonchev–Trinajstić information content (AvgIpc) is 3.20. The molecule has 0 unspecified atom stereocenters. The summed E-state index contributed by atoms with van der Waals surface area (Å²) in [6.07, 6.45) is 0. The van der Waals surface area contributed by atoms with Crippen molar-refractivity contribution in [2.24, 2.45) is 7.05 Å². The van der Waals surface area contributed by atoms with E-state index in [0.29, 0.717) is 13.2 Å². The smallest absolute Gasteiger partial charge is 0.0738 e. The van der Waals surface area contributed by atoms with E-state index in [2.05, 4.69) is 49.7 Å². The molecule has 3 aromatic rings. The van der Waals surface area contributed by atoms with Gasteiger partial charge in [-0.25, -0.2) is 0 Å². The molecule has 0 amide bonds. The van der Waals surface area contributed by atoms with E-state index in [1.54, 1.807) is 14.2 Å². The average molecular weight is 362 g/mol. The third kappa shape index (κ3) is 3.09. The van der Waals surface area contributed by atoms with Gasteiger partial charge in [0.15, 0.2) is 0 Å². The van der Waals surface area contributed by atoms with Crippen LogP contribution in [0.1, 0.15) is 20.9 Å². The lowest BCUT2D eigenvalue weighted by Gasteiger charge is -2.07. The minimum absolute atomic E-state index is 0.586. The Labute approximate surface area is 151 Å². The Balaban J connectivity index is 2.28. The molecule has 0 atom stereocenters. The molecule has 3 heterocycles. The molecule has 0 aliphatic heterocycles. The van der Waals surface area contributed by atoms with Gasteiger partial charge in [-0.2, -0.15) is 0 Å². The number of ether oxygens (including phenoxy) is 2. The maximum absolute atomic E-state index is 5.53. The Kier molecular flexibility index (Phi) is 5.25. The second kappa shape index (κ2) is 7.23. The summed E-state index contributed by atoms with van der Waals surface area (Å²) < 4.78 is 13.4. The maximum Gasteiger partial charge on any atom is 0.0738 e. The van der Waals surface area contributed by atoms with Crippen LogP contribution < -0.4 is 0 Å². The predicted octanol–water partition coefficient (Wildman–Crippen LogP) is 5.39. The Morgan fingerprint density at radius 2 is 1.21 bits per heavy atom. The minimum Gasteiger partial charge on any atom is -0.380 e. The van der Waals surface area contributed by atoms with Gasteiger partial charge in [-0.1, -0.05) is 0 Å². The molecule has 0 fully saturated rings. The first-order valence-corrected chi connectivity index (χ1v) is 9.52. The van der Waals surface area contributed by atoms with Crippen LogP contribution in [0.2, 0.25) is 0 Å². The van der Waals surface area contributed by atoms with Crippen LogP contribution in [0, 0.1) is 13.8 Å². The zero-order valence-electron chi connectivity index (χ0n) is 14.8. The van der Waals surface area contributed by atoms with Crippen LogP contribution in [0.15, 0.2) is 24.3 Å². The fourth-order valence-electron chi connectivity index (χ4n) is 3.15. The third-order valence-electron chi connectivity index (χ3n) is 4.13. The third-order valence-corrected chi connectivity index (χ3v) is 6.15. The molecule has 0 bridgehead atoms. The summed E-state index contributed by atoms with van der Waals surface area (Å²) in [7, 11) is 5.65. The molecule has 0 radical (unpaired) electrons. The van der Waals surface area contributed by atoms with Gasteiger partial charge in [0.2, 0.25) is 0 Å². The van der Waals surface area contributed by atoms with Crippen molar-refractivity contribution < 1.29 is 9.47 Å². The zero-order chi connectivity index (χ0) is 17.3. The van der Waals surface area contributed by atoms with Gasteiger partial charge < -0.3 is 14.0 Å². The molecule has 0 spiro atoms. The molecule has 3 nitrogen and oxygen atoms in total. The van der Waals surface area contributed by atoms with Gasteiger partial charge in [-0.15, -0.1) is 22.7 Å². The lowest BCUT2D eigenvalue weighted by molar-refractivity contribution is 0.169. The topological polar surface area (TPSA) is 23.4 Å². The number of hydrogen-bond acceptors (Lipinski definition) is 4. The Morgan fingerprint density at radius 1 is 0.792 bits per heavy atom. The molecule has 5 heteroatoms. The number of hydrogen-bond donors (Lipinski definition) is 0. The van der Waals surface area contributed by atoms with Crippen molar-refractivity contribution in [2.75, 3.05) is 14.2 Å². The van der Waals surface area contributed by atoms with E-state index in [0.717, 1.165) is 0 Å². The van der Waals surface area contributed by atoms with Crippen LogP contribution in [0.3, 0.4) is 0 Å². The van der Waals surface area contributed by atoms with Gasteiger partial charge in [-0.05, 0) is 38.1 Å². The quantitative estimate of drug-likeness (QED) is 0.587. The zero-order valence-corrected chi connectivity index (χ0v) is 16.4. The van der Waals surface area contributed by atoms with Crippen molar-refractivity contribution in [2.45, 2.75) is 27.1 Å².